The average Bonchev–Trinajstić information content (AvgIpc) is 2.68. The van der Waals surface area contributed by atoms with Gasteiger partial charge in [0, 0.05) is 18.5 Å². The van der Waals surface area contributed by atoms with E-state index in [0.29, 0.717) is 13.0 Å². The highest BCUT2D eigenvalue weighted by molar-refractivity contribution is 6.37. The zero-order valence-corrected chi connectivity index (χ0v) is 9.09. The molecule has 4 nitrogen and oxygen atoms in total. The second-order valence-electron chi connectivity index (χ2n) is 4.29. The number of hydrogen-bond donors (Lipinski definition) is 1. The molecule has 14 heavy (non-hydrogen) atoms. The Morgan fingerprint density at radius 1 is 1.43 bits per heavy atom. The largest absolute Gasteiger partial charge is 0.304 e. The van der Waals surface area contributed by atoms with Crippen LogP contribution in [0.25, 0.3) is 0 Å². The summed E-state index contributed by atoms with van der Waals surface area (Å²) in [4.78, 5) is 23.4. The Bertz CT molecular complexity index is 243. The normalized spacial score (nSPS) is 17.2. The van der Waals surface area contributed by atoms with Crippen molar-refractivity contribution >= 4 is 11.7 Å². The predicted octanol–water partition coefficient (Wildman–Crippen LogP) is 0.729. The van der Waals surface area contributed by atoms with Crippen LogP contribution in [0.15, 0.2) is 0 Å². The van der Waals surface area contributed by atoms with Crippen LogP contribution in [-0.4, -0.2) is 29.8 Å². The standard InChI is InChI=1S/C10H18N2O2/c1-4-10(2,3)8(13)9(14)12-7-5-6-11-12/h11H,4-7H2,1-3H3. The lowest BCUT2D eigenvalue weighted by molar-refractivity contribution is -0.150. The van der Waals surface area contributed by atoms with Gasteiger partial charge in [0.15, 0.2) is 0 Å². The summed E-state index contributed by atoms with van der Waals surface area (Å²) in [6.45, 7) is 6.96. The van der Waals surface area contributed by atoms with Gasteiger partial charge in [0.2, 0.25) is 5.78 Å². The smallest absolute Gasteiger partial charge is 0.288 e. The minimum absolute atomic E-state index is 0.297. The predicted molar refractivity (Wildman–Crippen MR) is 53.4 cm³/mol. The first kappa shape index (κ1) is 11.2. The number of Topliss-reactive ketones (excluding diaryl/α,β-unsaturated/α-hetero) is 1. The van der Waals surface area contributed by atoms with Crippen molar-refractivity contribution in [2.45, 2.75) is 33.6 Å². The maximum absolute atomic E-state index is 11.8. The number of carbonyl (C=O) groups is 2. The molecule has 0 atom stereocenters. The van der Waals surface area contributed by atoms with Crippen molar-refractivity contribution < 1.29 is 9.59 Å². The minimum atomic E-state index is -0.540. The molecule has 0 aromatic carbocycles. The fourth-order valence-corrected chi connectivity index (χ4v) is 1.28. The summed E-state index contributed by atoms with van der Waals surface area (Å²) >= 11 is 0. The molecule has 1 rings (SSSR count). The Morgan fingerprint density at radius 2 is 2.07 bits per heavy atom. The van der Waals surface area contributed by atoms with E-state index >= 15 is 0 Å². The van der Waals surface area contributed by atoms with Gasteiger partial charge < -0.3 is 0 Å². The Hall–Kier alpha value is -0.900. The molecule has 4 heteroatoms. The number of amides is 1. The molecule has 0 aliphatic carbocycles. The first-order chi connectivity index (χ1) is 6.49. The van der Waals surface area contributed by atoms with E-state index in [1.807, 2.05) is 20.8 Å². The van der Waals surface area contributed by atoms with Gasteiger partial charge in [-0.05, 0) is 12.8 Å². The van der Waals surface area contributed by atoms with E-state index in [4.69, 9.17) is 0 Å². The molecular formula is C10H18N2O2. The van der Waals surface area contributed by atoms with Gasteiger partial charge in [0.1, 0.15) is 0 Å². The molecule has 0 saturated carbocycles. The third-order valence-electron chi connectivity index (χ3n) is 2.80. The summed E-state index contributed by atoms with van der Waals surface area (Å²) in [6, 6.07) is 0. The van der Waals surface area contributed by atoms with Crippen LogP contribution in [0.2, 0.25) is 0 Å². The van der Waals surface area contributed by atoms with Gasteiger partial charge in [-0.15, -0.1) is 0 Å². The van der Waals surface area contributed by atoms with Gasteiger partial charge in [-0.3, -0.25) is 14.6 Å². The molecule has 0 aromatic rings. The Kier molecular flexibility index (Phi) is 3.26. The maximum Gasteiger partial charge on any atom is 0.304 e. The van der Waals surface area contributed by atoms with Gasteiger partial charge in [-0.2, -0.15) is 0 Å². The van der Waals surface area contributed by atoms with Crippen LogP contribution < -0.4 is 5.43 Å². The molecule has 1 saturated heterocycles. The van der Waals surface area contributed by atoms with Crippen molar-refractivity contribution in [3.05, 3.63) is 0 Å². The van der Waals surface area contributed by atoms with Gasteiger partial charge in [0.25, 0.3) is 0 Å². The monoisotopic (exact) mass is 198 g/mol. The van der Waals surface area contributed by atoms with Crippen molar-refractivity contribution in [2.24, 2.45) is 5.41 Å². The molecule has 0 spiro atoms. The van der Waals surface area contributed by atoms with E-state index in [0.717, 1.165) is 13.0 Å². The summed E-state index contributed by atoms with van der Waals surface area (Å²) < 4.78 is 0. The van der Waals surface area contributed by atoms with Crippen LogP contribution in [0.4, 0.5) is 0 Å². The molecule has 80 valence electrons. The molecule has 1 aliphatic rings. The number of hydrogen-bond acceptors (Lipinski definition) is 3. The van der Waals surface area contributed by atoms with Crippen LogP contribution in [0.1, 0.15) is 33.6 Å². The first-order valence-corrected chi connectivity index (χ1v) is 5.09. The molecule has 1 amide bonds. The van der Waals surface area contributed by atoms with Crippen molar-refractivity contribution in [3.8, 4) is 0 Å². The second-order valence-corrected chi connectivity index (χ2v) is 4.29. The van der Waals surface area contributed by atoms with Crippen molar-refractivity contribution in [3.63, 3.8) is 0 Å². The number of ketones is 1. The Morgan fingerprint density at radius 3 is 2.50 bits per heavy atom. The van der Waals surface area contributed by atoms with E-state index in [1.165, 1.54) is 5.01 Å². The summed E-state index contributed by atoms with van der Waals surface area (Å²) in [5, 5.41) is 1.43. The Balaban J connectivity index is 2.64. The van der Waals surface area contributed by atoms with Crippen LogP contribution in [0.5, 0.6) is 0 Å². The maximum atomic E-state index is 11.8. The fraction of sp³-hybridized carbons (Fsp3) is 0.800. The molecule has 1 aliphatic heterocycles. The van der Waals surface area contributed by atoms with E-state index < -0.39 is 11.3 Å². The lowest BCUT2D eigenvalue weighted by atomic mass is 9.85. The first-order valence-electron chi connectivity index (χ1n) is 5.09. The minimum Gasteiger partial charge on any atom is -0.288 e. The summed E-state index contributed by atoms with van der Waals surface area (Å²) in [5.41, 5.74) is 2.36. The lowest BCUT2D eigenvalue weighted by Crippen LogP contribution is -2.45. The molecule has 1 N–H and O–H groups in total. The van der Waals surface area contributed by atoms with E-state index in [9.17, 15) is 9.59 Å². The molecule has 0 radical (unpaired) electrons. The third kappa shape index (κ3) is 2.12. The number of carbonyl (C=O) groups excluding carboxylic acids is 2. The Labute approximate surface area is 84.6 Å². The van der Waals surface area contributed by atoms with Crippen molar-refractivity contribution in [1.29, 1.82) is 0 Å². The van der Waals surface area contributed by atoms with E-state index in [1.54, 1.807) is 0 Å². The average molecular weight is 198 g/mol. The van der Waals surface area contributed by atoms with Crippen LogP contribution in [-0.2, 0) is 9.59 Å². The summed E-state index contributed by atoms with van der Waals surface area (Å²) in [5.74, 6) is -0.691. The zero-order valence-electron chi connectivity index (χ0n) is 9.09. The third-order valence-corrected chi connectivity index (χ3v) is 2.80. The van der Waals surface area contributed by atoms with Gasteiger partial charge in [-0.1, -0.05) is 20.8 Å². The van der Waals surface area contributed by atoms with Gasteiger partial charge in [-0.25, -0.2) is 5.43 Å². The number of nitrogens with one attached hydrogen (secondary N) is 1. The summed E-state index contributed by atoms with van der Waals surface area (Å²) in [6.07, 6.45) is 1.61. The second kappa shape index (κ2) is 4.09. The molecule has 0 aromatic heterocycles. The topological polar surface area (TPSA) is 49.4 Å². The molecule has 1 fully saturated rings. The molecule has 0 bridgehead atoms. The van der Waals surface area contributed by atoms with Gasteiger partial charge >= 0.3 is 5.91 Å². The van der Waals surface area contributed by atoms with Crippen LogP contribution in [0.3, 0.4) is 0 Å². The highest BCUT2D eigenvalue weighted by Crippen LogP contribution is 2.22. The number of nitrogens with zero attached hydrogens (tertiary/aromatic N) is 1. The van der Waals surface area contributed by atoms with Crippen molar-refractivity contribution in [2.75, 3.05) is 13.1 Å². The SMILES string of the molecule is CCC(C)(C)C(=O)C(=O)N1CCCN1. The molecule has 1 heterocycles. The lowest BCUT2D eigenvalue weighted by Gasteiger charge is -2.23. The van der Waals surface area contributed by atoms with Crippen LogP contribution >= 0.6 is 0 Å². The number of rotatable bonds is 3. The highest BCUT2D eigenvalue weighted by atomic mass is 16.2. The molecular weight excluding hydrogens is 180 g/mol. The zero-order chi connectivity index (χ0) is 10.8. The van der Waals surface area contributed by atoms with E-state index in [2.05, 4.69) is 5.43 Å². The van der Waals surface area contributed by atoms with Gasteiger partial charge in [0.05, 0.1) is 0 Å². The van der Waals surface area contributed by atoms with Crippen LogP contribution in [0, 0.1) is 5.41 Å². The molecule has 0 unspecified atom stereocenters. The summed E-state index contributed by atoms with van der Waals surface area (Å²) in [7, 11) is 0. The fourth-order valence-electron chi connectivity index (χ4n) is 1.28. The van der Waals surface area contributed by atoms with E-state index in [-0.39, 0.29) is 5.78 Å². The quantitative estimate of drug-likeness (QED) is 0.680. The highest BCUT2D eigenvalue weighted by Gasteiger charge is 2.35. The van der Waals surface area contributed by atoms with Crippen molar-refractivity contribution in [1.82, 2.24) is 10.4 Å². The number of hydrazine groups is 1.